The Labute approximate surface area is 183 Å². The molecule has 9 heteroatoms. The zero-order valence-electron chi connectivity index (χ0n) is 17.5. The van der Waals surface area contributed by atoms with Gasteiger partial charge in [0.25, 0.3) is 11.5 Å². The molecule has 0 spiro atoms. The number of nitriles is 1. The second-order valence-electron chi connectivity index (χ2n) is 8.25. The molecular formula is C23H22N6O3. The van der Waals surface area contributed by atoms with Gasteiger partial charge >= 0.3 is 5.69 Å². The molecule has 3 heterocycles. The maximum Gasteiger partial charge on any atom is 0.330 e. The van der Waals surface area contributed by atoms with Crippen LogP contribution in [0.5, 0.6) is 0 Å². The van der Waals surface area contributed by atoms with Gasteiger partial charge in [0.05, 0.1) is 22.6 Å². The molecule has 9 nitrogen and oxygen atoms in total. The Bertz CT molecular complexity index is 1350. The maximum absolute atomic E-state index is 13.2. The minimum absolute atomic E-state index is 0.0646. The van der Waals surface area contributed by atoms with Crippen LogP contribution in [0.1, 0.15) is 41.2 Å². The third-order valence-corrected chi connectivity index (χ3v) is 6.08. The molecular weight excluding hydrogens is 408 g/mol. The SMILES string of the molecule is N#Cc1ccc(N2CCCN(C(=O)c3cnc4c(c3)c(=O)[nH]c(=O)n4C3CC3)CC2)cc1. The quantitative estimate of drug-likeness (QED) is 0.676. The normalized spacial score (nSPS) is 16.6. The van der Waals surface area contributed by atoms with E-state index in [9.17, 15) is 14.4 Å². The van der Waals surface area contributed by atoms with Crippen LogP contribution in [0.25, 0.3) is 11.0 Å². The summed E-state index contributed by atoms with van der Waals surface area (Å²) in [5, 5.41) is 9.24. The number of nitrogens with one attached hydrogen (secondary N) is 1. The topological polar surface area (TPSA) is 115 Å². The van der Waals surface area contributed by atoms with Gasteiger partial charge in [0.15, 0.2) is 0 Å². The summed E-state index contributed by atoms with van der Waals surface area (Å²) in [6, 6.07) is 11.2. The molecule has 0 radical (unpaired) electrons. The summed E-state index contributed by atoms with van der Waals surface area (Å²) in [6.07, 6.45) is 4.03. The lowest BCUT2D eigenvalue weighted by Crippen LogP contribution is -2.35. The number of carbonyl (C=O) groups excluding carboxylic acids is 1. The number of anilines is 1. The van der Waals surface area contributed by atoms with Gasteiger partial charge in [-0.2, -0.15) is 5.26 Å². The van der Waals surface area contributed by atoms with E-state index in [1.165, 1.54) is 10.8 Å². The van der Waals surface area contributed by atoms with Gasteiger partial charge < -0.3 is 9.80 Å². The van der Waals surface area contributed by atoms with Crippen molar-refractivity contribution in [1.82, 2.24) is 19.4 Å². The number of fused-ring (bicyclic) bond motifs is 1. The molecule has 3 aromatic rings. The van der Waals surface area contributed by atoms with Gasteiger partial charge in [0.1, 0.15) is 5.65 Å². The summed E-state index contributed by atoms with van der Waals surface area (Å²) >= 11 is 0. The Morgan fingerprint density at radius 1 is 1.09 bits per heavy atom. The lowest BCUT2D eigenvalue weighted by Gasteiger charge is -2.24. The summed E-state index contributed by atoms with van der Waals surface area (Å²) in [5.74, 6) is -0.176. The molecule has 1 amide bonds. The van der Waals surface area contributed by atoms with Crippen molar-refractivity contribution in [3.8, 4) is 6.07 Å². The number of amides is 1. The first-order valence-corrected chi connectivity index (χ1v) is 10.7. The summed E-state index contributed by atoms with van der Waals surface area (Å²) in [6.45, 7) is 2.61. The molecule has 0 bridgehead atoms. The van der Waals surface area contributed by atoms with Gasteiger partial charge in [-0.1, -0.05) is 0 Å². The van der Waals surface area contributed by atoms with Crippen molar-refractivity contribution < 1.29 is 4.79 Å². The van der Waals surface area contributed by atoms with Crippen LogP contribution in [0, 0.1) is 11.3 Å². The van der Waals surface area contributed by atoms with E-state index < -0.39 is 11.2 Å². The van der Waals surface area contributed by atoms with E-state index in [1.54, 1.807) is 23.1 Å². The van der Waals surface area contributed by atoms with Crippen LogP contribution in [-0.4, -0.2) is 51.5 Å². The van der Waals surface area contributed by atoms with E-state index in [-0.39, 0.29) is 17.3 Å². The molecule has 1 aromatic carbocycles. The first kappa shape index (κ1) is 20.0. The summed E-state index contributed by atoms with van der Waals surface area (Å²) in [7, 11) is 0. The highest BCUT2D eigenvalue weighted by Gasteiger charge is 2.28. The standard InChI is InChI=1S/C23H22N6O3/c24-13-15-2-4-17(5-3-15)27-8-1-9-28(11-10-27)22(31)16-12-19-20(25-14-16)29(18-6-7-18)23(32)26-21(19)30/h2-5,12,14,18H,1,6-11H2,(H,26,30,32). The van der Waals surface area contributed by atoms with Gasteiger partial charge in [-0.25, -0.2) is 9.78 Å². The lowest BCUT2D eigenvalue weighted by atomic mass is 10.2. The molecule has 5 rings (SSSR count). The fraction of sp³-hybridized carbons (Fsp3) is 0.348. The smallest absolute Gasteiger partial charge is 0.330 e. The lowest BCUT2D eigenvalue weighted by molar-refractivity contribution is 0.0767. The van der Waals surface area contributed by atoms with Crippen LogP contribution >= 0.6 is 0 Å². The van der Waals surface area contributed by atoms with Crippen LogP contribution in [-0.2, 0) is 0 Å². The van der Waals surface area contributed by atoms with Gasteiger partial charge in [-0.05, 0) is 49.6 Å². The number of rotatable bonds is 3. The molecule has 2 aromatic heterocycles. The first-order chi connectivity index (χ1) is 15.5. The van der Waals surface area contributed by atoms with E-state index in [2.05, 4.69) is 20.9 Å². The third-order valence-electron chi connectivity index (χ3n) is 6.08. The van der Waals surface area contributed by atoms with Crippen molar-refractivity contribution in [2.45, 2.75) is 25.3 Å². The molecule has 2 fully saturated rings. The molecule has 1 aliphatic heterocycles. The van der Waals surface area contributed by atoms with E-state index >= 15 is 0 Å². The number of hydrogen-bond acceptors (Lipinski definition) is 6. The Morgan fingerprint density at radius 2 is 1.88 bits per heavy atom. The highest BCUT2D eigenvalue weighted by molar-refractivity contribution is 5.96. The molecule has 0 atom stereocenters. The van der Waals surface area contributed by atoms with Crippen molar-refractivity contribution in [3.63, 3.8) is 0 Å². The van der Waals surface area contributed by atoms with E-state index in [1.807, 2.05) is 12.1 Å². The van der Waals surface area contributed by atoms with Crippen LogP contribution in [0.4, 0.5) is 5.69 Å². The van der Waals surface area contributed by atoms with Gasteiger partial charge in [0.2, 0.25) is 0 Å². The Morgan fingerprint density at radius 3 is 2.59 bits per heavy atom. The predicted octanol–water partition coefficient (Wildman–Crippen LogP) is 1.64. The first-order valence-electron chi connectivity index (χ1n) is 10.7. The Hall–Kier alpha value is -3.93. The highest BCUT2D eigenvalue weighted by atomic mass is 16.2. The van der Waals surface area contributed by atoms with E-state index in [0.29, 0.717) is 36.4 Å². The maximum atomic E-state index is 13.2. The minimum Gasteiger partial charge on any atom is -0.370 e. The molecule has 1 aliphatic carbocycles. The Kier molecular flexibility index (Phi) is 4.98. The molecule has 1 saturated heterocycles. The zero-order valence-corrected chi connectivity index (χ0v) is 17.5. The fourth-order valence-electron chi connectivity index (χ4n) is 4.23. The fourth-order valence-corrected chi connectivity index (χ4v) is 4.23. The molecule has 1 N–H and O–H groups in total. The largest absolute Gasteiger partial charge is 0.370 e. The van der Waals surface area contributed by atoms with Crippen LogP contribution in [0.3, 0.4) is 0 Å². The van der Waals surface area contributed by atoms with Crippen molar-refractivity contribution in [3.05, 3.63) is 68.5 Å². The number of benzene rings is 1. The highest BCUT2D eigenvalue weighted by Crippen LogP contribution is 2.34. The van der Waals surface area contributed by atoms with Gasteiger partial charge in [-0.3, -0.25) is 19.1 Å². The number of carbonyl (C=O) groups is 1. The summed E-state index contributed by atoms with van der Waals surface area (Å²) in [5.41, 5.74) is 1.34. The number of aromatic amines is 1. The average Bonchev–Trinajstić information content (AvgIpc) is 3.66. The minimum atomic E-state index is -0.521. The van der Waals surface area contributed by atoms with E-state index in [0.717, 1.165) is 31.5 Å². The monoisotopic (exact) mass is 430 g/mol. The number of aromatic nitrogens is 3. The van der Waals surface area contributed by atoms with Gasteiger partial charge in [0, 0.05) is 44.1 Å². The molecule has 32 heavy (non-hydrogen) atoms. The third kappa shape index (κ3) is 3.64. The van der Waals surface area contributed by atoms with Crippen molar-refractivity contribution in [1.29, 1.82) is 5.26 Å². The number of pyridine rings is 1. The van der Waals surface area contributed by atoms with Gasteiger partial charge in [-0.15, -0.1) is 0 Å². The molecule has 2 aliphatic rings. The summed E-state index contributed by atoms with van der Waals surface area (Å²) < 4.78 is 1.52. The van der Waals surface area contributed by atoms with Crippen molar-refractivity contribution in [2.75, 3.05) is 31.1 Å². The Balaban J connectivity index is 1.37. The van der Waals surface area contributed by atoms with Crippen molar-refractivity contribution >= 4 is 22.6 Å². The second kappa shape index (κ2) is 7.96. The van der Waals surface area contributed by atoms with E-state index in [4.69, 9.17) is 5.26 Å². The number of nitrogens with zero attached hydrogens (tertiary/aromatic N) is 5. The van der Waals surface area contributed by atoms with Crippen molar-refractivity contribution in [2.24, 2.45) is 0 Å². The van der Waals surface area contributed by atoms with Crippen LogP contribution in [0.15, 0.2) is 46.1 Å². The van der Waals surface area contributed by atoms with Crippen LogP contribution in [0.2, 0.25) is 0 Å². The average molecular weight is 430 g/mol. The second-order valence-corrected chi connectivity index (χ2v) is 8.25. The van der Waals surface area contributed by atoms with Crippen LogP contribution < -0.4 is 16.1 Å². The number of hydrogen-bond donors (Lipinski definition) is 1. The zero-order chi connectivity index (χ0) is 22.2. The number of H-pyrrole nitrogens is 1. The molecule has 1 saturated carbocycles. The molecule has 0 unspecified atom stereocenters. The molecule has 162 valence electrons. The summed E-state index contributed by atoms with van der Waals surface area (Å²) in [4.78, 5) is 48.4. The predicted molar refractivity (Wildman–Crippen MR) is 119 cm³/mol.